The zero-order valence-electron chi connectivity index (χ0n) is 28.1. The van der Waals surface area contributed by atoms with Gasteiger partial charge in [-0.25, -0.2) is 15.0 Å². The van der Waals surface area contributed by atoms with E-state index in [2.05, 4.69) is 109 Å². The number of hydrogen-bond donors (Lipinski definition) is 0. The molecule has 0 aliphatic heterocycles. The largest absolute Gasteiger partial charge is 0.254 e. The number of nitrogens with zero attached hydrogens (tertiary/aromatic N) is 5. The minimum absolute atomic E-state index is 0.682. The van der Waals surface area contributed by atoms with E-state index in [0.29, 0.717) is 5.82 Å². The SMILES string of the molecule is c1ccc(-c2cc(-c3ccc(-c4ccc(-c5nc(-c6ccccc6)cc(-c6ccccc6)n5)cc4)cn3)nc(-c3nccc4ccccc34)c2)cc1. The molecule has 4 heterocycles. The maximum Gasteiger partial charge on any atom is 0.160 e. The topological polar surface area (TPSA) is 64.5 Å². The van der Waals surface area contributed by atoms with Gasteiger partial charge in [-0.05, 0) is 52.4 Å². The molecule has 5 aromatic carbocycles. The highest BCUT2D eigenvalue weighted by atomic mass is 14.9. The maximum absolute atomic E-state index is 5.12. The van der Waals surface area contributed by atoms with Crippen molar-refractivity contribution >= 4 is 10.8 Å². The van der Waals surface area contributed by atoms with Gasteiger partial charge in [-0.3, -0.25) is 9.97 Å². The van der Waals surface area contributed by atoms with E-state index in [1.165, 1.54) is 0 Å². The van der Waals surface area contributed by atoms with E-state index in [1.807, 2.05) is 79.1 Å². The van der Waals surface area contributed by atoms with Crippen LogP contribution in [0.4, 0.5) is 0 Å². The Labute approximate surface area is 302 Å². The molecule has 52 heavy (non-hydrogen) atoms. The van der Waals surface area contributed by atoms with Crippen LogP contribution in [-0.2, 0) is 0 Å². The third-order valence-corrected chi connectivity index (χ3v) is 9.22. The van der Waals surface area contributed by atoms with Crippen LogP contribution in [0, 0.1) is 0 Å². The summed E-state index contributed by atoms with van der Waals surface area (Å²) in [6, 6.07) is 60.0. The van der Waals surface area contributed by atoms with Gasteiger partial charge in [-0.15, -0.1) is 0 Å². The van der Waals surface area contributed by atoms with E-state index in [0.717, 1.165) is 83.9 Å². The van der Waals surface area contributed by atoms with Crippen molar-refractivity contribution in [3.05, 3.63) is 188 Å². The Kier molecular flexibility index (Phi) is 8.12. The van der Waals surface area contributed by atoms with Gasteiger partial charge in [0.1, 0.15) is 0 Å². The summed E-state index contributed by atoms with van der Waals surface area (Å²) in [5.74, 6) is 0.682. The van der Waals surface area contributed by atoms with Crippen molar-refractivity contribution in [3.63, 3.8) is 0 Å². The number of fused-ring (bicyclic) bond motifs is 1. The van der Waals surface area contributed by atoms with Gasteiger partial charge in [-0.2, -0.15) is 0 Å². The second kappa shape index (κ2) is 13.7. The van der Waals surface area contributed by atoms with Crippen LogP contribution in [0.15, 0.2) is 188 Å². The molecule has 0 N–H and O–H groups in total. The molecular formula is C47H31N5. The van der Waals surface area contributed by atoms with Gasteiger partial charge in [0.05, 0.1) is 34.2 Å². The zero-order chi connectivity index (χ0) is 34.7. The van der Waals surface area contributed by atoms with Crippen LogP contribution >= 0.6 is 0 Å². The molecule has 5 heteroatoms. The molecule has 0 amide bonds. The molecule has 0 saturated carbocycles. The zero-order valence-corrected chi connectivity index (χ0v) is 28.1. The second-order valence-corrected chi connectivity index (χ2v) is 12.6. The van der Waals surface area contributed by atoms with Crippen LogP contribution in [0.1, 0.15) is 0 Å². The molecule has 0 spiro atoms. The lowest BCUT2D eigenvalue weighted by Crippen LogP contribution is -1.96. The molecule has 0 atom stereocenters. The first-order chi connectivity index (χ1) is 25.7. The number of aromatic nitrogens is 5. The molecule has 9 rings (SSSR count). The lowest BCUT2D eigenvalue weighted by atomic mass is 10.0. The number of rotatable bonds is 7. The van der Waals surface area contributed by atoms with Gasteiger partial charge in [0.15, 0.2) is 5.82 Å². The van der Waals surface area contributed by atoms with Crippen LogP contribution in [0.5, 0.6) is 0 Å². The lowest BCUT2D eigenvalue weighted by Gasteiger charge is -2.12. The van der Waals surface area contributed by atoms with Crippen molar-refractivity contribution in [2.24, 2.45) is 0 Å². The van der Waals surface area contributed by atoms with E-state index in [9.17, 15) is 0 Å². The summed E-state index contributed by atoms with van der Waals surface area (Å²) in [6.45, 7) is 0. The van der Waals surface area contributed by atoms with Gasteiger partial charge in [0.25, 0.3) is 0 Å². The standard InChI is InChI=1S/C47H31N5/c1-4-12-32(13-5-1)39-28-44(50-45(29-39)46-40-19-11-10-14-34(40)26-27-48-46)41-25-24-38(31-49-41)33-20-22-37(23-21-33)47-51-42(35-15-6-2-7-16-35)30-43(52-47)36-17-8-3-9-18-36/h1-31H. The summed E-state index contributed by atoms with van der Waals surface area (Å²) in [5, 5.41) is 2.19. The van der Waals surface area contributed by atoms with Crippen molar-refractivity contribution in [1.82, 2.24) is 24.9 Å². The number of pyridine rings is 3. The van der Waals surface area contributed by atoms with Crippen LogP contribution in [0.3, 0.4) is 0 Å². The predicted molar refractivity (Wildman–Crippen MR) is 211 cm³/mol. The molecular weight excluding hydrogens is 635 g/mol. The highest BCUT2D eigenvalue weighted by Gasteiger charge is 2.14. The van der Waals surface area contributed by atoms with Crippen LogP contribution in [-0.4, -0.2) is 24.9 Å². The van der Waals surface area contributed by atoms with Crippen molar-refractivity contribution in [2.75, 3.05) is 0 Å². The average molecular weight is 666 g/mol. The molecule has 0 unspecified atom stereocenters. The normalized spacial score (nSPS) is 11.1. The van der Waals surface area contributed by atoms with Crippen molar-refractivity contribution in [3.8, 4) is 78.9 Å². The summed E-state index contributed by atoms with van der Waals surface area (Å²) in [5.41, 5.74) is 12.3. The first-order valence-corrected chi connectivity index (χ1v) is 17.2. The average Bonchev–Trinajstić information content (AvgIpc) is 3.24. The second-order valence-electron chi connectivity index (χ2n) is 12.6. The molecule has 9 aromatic rings. The van der Waals surface area contributed by atoms with E-state index in [1.54, 1.807) is 0 Å². The lowest BCUT2D eigenvalue weighted by molar-refractivity contribution is 1.18. The van der Waals surface area contributed by atoms with E-state index < -0.39 is 0 Å². The highest BCUT2D eigenvalue weighted by Crippen LogP contribution is 2.33. The Balaban J connectivity index is 1.05. The van der Waals surface area contributed by atoms with E-state index in [4.69, 9.17) is 24.9 Å². The van der Waals surface area contributed by atoms with E-state index >= 15 is 0 Å². The predicted octanol–water partition coefficient (Wildman–Crippen LogP) is 11.5. The van der Waals surface area contributed by atoms with Crippen LogP contribution in [0.2, 0.25) is 0 Å². The van der Waals surface area contributed by atoms with Crippen molar-refractivity contribution in [1.29, 1.82) is 0 Å². The first-order valence-electron chi connectivity index (χ1n) is 17.2. The number of benzene rings is 5. The summed E-state index contributed by atoms with van der Waals surface area (Å²) >= 11 is 0. The molecule has 5 nitrogen and oxygen atoms in total. The van der Waals surface area contributed by atoms with Gasteiger partial charge < -0.3 is 0 Å². The summed E-state index contributed by atoms with van der Waals surface area (Å²) in [4.78, 5) is 24.8. The monoisotopic (exact) mass is 665 g/mol. The number of hydrogen-bond acceptors (Lipinski definition) is 5. The molecule has 0 aliphatic rings. The molecule has 0 bridgehead atoms. The molecule has 0 aliphatic carbocycles. The van der Waals surface area contributed by atoms with Gasteiger partial charge in [0.2, 0.25) is 0 Å². The fourth-order valence-corrected chi connectivity index (χ4v) is 6.52. The minimum Gasteiger partial charge on any atom is -0.254 e. The Morgan fingerprint density at radius 3 is 1.52 bits per heavy atom. The Bertz CT molecular complexity index is 2580. The quantitative estimate of drug-likeness (QED) is 0.169. The van der Waals surface area contributed by atoms with Gasteiger partial charge in [0, 0.05) is 40.0 Å². The Morgan fingerprint density at radius 1 is 0.308 bits per heavy atom. The Morgan fingerprint density at radius 2 is 0.865 bits per heavy atom. The van der Waals surface area contributed by atoms with E-state index in [-0.39, 0.29) is 0 Å². The summed E-state index contributed by atoms with van der Waals surface area (Å²) in [7, 11) is 0. The highest BCUT2D eigenvalue weighted by molar-refractivity contribution is 5.94. The van der Waals surface area contributed by atoms with Gasteiger partial charge >= 0.3 is 0 Å². The maximum atomic E-state index is 5.12. The fourth-order valence-electron chi connectivity index (χ4n) is 6.52. The smallest absolute Gasteiger partial charge is 0.160 e. The van der Waals surface area contributed by atoms with Crippen molar-refractivity contribution in [2.45, 2.75) is 0 Å². The van der Waals surface area contributed by atoms with Gasteiger partial charge in [-0.1, -0.05) is 146 Å². The van der Waals surface area contributed by atoms with Crippen LogP contribution < -0.4 is 0 Å². The minimum atomic E-state index is 0.682. The fraction of sp³-hybridized carbons (Fsp3) is 0. The van der Waals surface area contributed by atoms with Crippen molar-refractivity contribution < 1.29 is 0 Å². The third kappa shape index (κ3) is 6.23. The third-order valence-electron chi connectivity index (χ3n) is 9.22. The van der Waals surface area contributed by atoms with Crippen LogP contribution in [0.25, 0.3) is 89.7 Å². The summed E-state index contributed by atoms with van der Waals surface area (Å²) in [6.07, 6.45) is 3.76. The first kappa shape index (κ1) is 30.9. The molecule has 0 radical (unpaired) electrons. The molecule has 0 saturated heterocycles. The molecule has 244 valence electrons. The molecule has 0 fully saturated rings. The summed E-state index contributed by atoms with van der Waals surface area (Å²) < 4.78 is 0. The Hall–Kier alpha value is -7.11. The molecule has 4 aromatic heterocycles.